The summed E-state index contributed by atoms with van der Waals surface area (Å²) in [5.74, 6) is -0.932. The van der Waals surface area contributed by atoms with E-state index in [1.807, 2.05) is 24.3 Å². The van der Waals surface area contributed by atoms with E-state index in [4.69, 9.17) is 4.74 Å². The average molecular weight is 389 g/mol. The van der Waals surface area contributed by atoms with Crippen molar-refractivity contribution in [2.45, 2.75) is 13.3 Å². The number of aromatic nitrogens is 3. The van der Waals surface area contributed by atoms with Gasteiger partial charge in [-0.05, 0) is 30.2 Å². The number of carboxylic acid groups (broad SMARTS) is 1. The minimum Gasteiger partial charge on any atom is -0.504 e. The number of pyridine rings is 1. The zero-order chi connectivity index (χ0) is 20.5. The number of rotatable bonds is 5. The summed E-state index contributed by atoms with van der Waals surface area (Å²) < 4.78 is 5.14. The number of nitrogens with zero attached hydrogens (tertiary/aromatic N) is 2. The van der Waals surface area contributed by atoms with Crippen molar-refractivity contribution in [2.24, 2.45) is 0 Å². The van der Waals surface area contributed by atoms with Gasteiger partial charge in [0.05, 0.1) is 29.4 Å². The number of methoxy groups -OCH3 is 1. The second-order valence-electron chi connectivity index (χ2n) is 6.56. The Morgan fingerprint density at radius 1 is 1.17 bits per heavy atom. The highest BCUT2D eigenvalue weighted by Gasteiger charge is 2.21. The van der Waals surface area contributed by atoms with Crippen LogP contribution < -0.4 is 4.74 Å². The second-order valence-corrected chi connectivity index (χ2v) is 6.56. The minimum absolute atomic E-state index is 0.0514. The van der Waals surface area contributed by atoms with E-state index in [2.05, 4.69) is 22.1 Å². The highest BCUT2D eigenvalue weighted by atomic mass is 16.5. The fourth-order valence-electron chi connectivity index (χ4n) is 3.34. The van der Waals surface area contributed by atoms with Crippen LogP contribution in [0.15, 0.2) is 48.5 Å². The maximum atomic E-state index is 12.0. The van der Waals surface area contributed by atoms with E-state index >= 15 is 0 Å². The first-order valence-electron chi connectivity index (χ1n) is 9.11. The molecule has 4 aromatic rings. The second kappa shape index (κ2) is 7.27. The van der Waals surface area contributed by atoms with E-state index in [1.165, 1.54) is 18.7 Å². The van der Waals surface area contributed by atoms with Gasteiger partial charge in [-0.25, -0.2) is 9.78 Å². The molecule has 0 aliphatic heterocycles. The standard InChI is InChI=1S/C22H19N3O4/c1-3-12-7-9-13(10-8-12)19-18-15(22(27)28)11-16(23-21(18)25-24-19)14-5-4-6-17(29-2)20(14)26/h4-11,26H,3H2,1-2H3,(H,27,28)(H,23,24,25). The van der Waals surface area contributed by atoms with Gasteiger partial charge >= 0.3 is 5.97 Å². The predicted molar refractivity (Wildman–Crippen MR) is 109 cm³/mol. The first-order valence-corrected chi connectivity index (χ1v) is 9.11. The number of phenolic OH excluding ortho intramolecular Hbond substituents is 1. The molecule has 0 atom stereocenters. The molecule has 3 N–H and O–H groups in total. The Morgan fingerprint density at radius 2 is 1.93 bits per heavy atom. The number of aryl methyl sites for hydroxylation is 1. The van der Waals surface area contributed by atoms with E-state index in [1.54, 1.807) is 18.2 Å². The van der Waals surface area contributed by atoms with Gasteiger partial charge in [-0.2, -0.15) is 5.10 Å². The molecule has 2 aromatic heterocycles. The molecular formula is C22H19N3O4. The molecule has 0 fully saturated rings. The lowest BCUT2D eigenvalue weighted by atomic mass is 10.0. The van der Waals surface area contributed by atoms with Gasteiger partial charge in [0.2, 0.25) is 0 Å². The molecule has 0 radical (unpaired) electrons. The van der Waals surface area contributed by atoms with Crippen LogP contribution in [0.1, 0.15) is 22.8 Å². The maximum absolute atomic E-state index is 12.0. The lowest BCUT2D eigenvalue weighted by Crippen LogP contribution is -2.00. The molecule has 7 nitrogen and oxygen atoms in total. The molecule has 0 aliphatic carbocycles. The zero-order valence-electron chi connectivity index (χ0n) is 15.9. The number of para-hydroxylation sites is 1. The summed E-state index contributed by atoms with van der Waals surface area (Å²) in [5.41, 5.74) is 3.58. The van der Waals surface area contributed by atoms with Gasteiger partial charge in [0.1, 0.15) is 0 Å². The van der Waals surface area contributed by atoms with Crippen LogP contribution in [0.3, 0.4) is 0 Å². The largest absolute Gasteiger partial charge is 0.504 e. The molecule has 0 saturated carbocycles. The van der Waals surface area contributed by atoms with Crippen LogP contribution in [0, 0.1) is 0 Å². The summed E-state index contributed by atoms with van der Waals surface area (Å²) in [4.78, 5) is 16.5. The third kappa shape index (κ3) is 3.16. The average Bonchev–Trinajstić information content (AvgIpc) is 3.17. The van der Waals surface area contributed by atoms with Crippen molar-refractivity contribution in [1.82, 2.24) is 15.2 Å². The molecule has 0 bridgehead atoms. The molecule has 7 heteroatoms. The van der Waals surface area contributed by atoms with E-state index in [0.717, 1.165) is 12.0 Å². The Hall–Kier alpha value is -3.87. The van der Waals surface area contributed by atoms with Crippen molar-refractivity contribution in [2.75, 3.05) is 7.11 Å². The van der Waals surface area contributed by atoms with Crippen LogP contribution >= 0.6 is 0 Å². The summed E-state index contributed by atoms with van der Waals surface area (Å²) in [7, 11) is 1.45. The number of nitrogens with one attached hydrogen (secondary N) is 1. The highest BCUT2D eigenvalue weighted by Crippen LogP contribution is 2.38. The minimum atomic E-state index is -1.10. The molecule has 0 aliphatic rings. The van der Waals surface area contributed by atoms with Gasteiger partial charge in [-0.1, -0.05) is 37.3 Å². The lowest BCUT2D eigenvalue weighted by molar-refractivity contribution is 0.0699. The summed E-state index contributed by atoms with van der Waals surface area (Å²) in [6.45, 7) is 2.07. The van der Waals surface area contributed by atoms with Crippen molar-refractivity contribution in [3.63, 3.8) is 0 Å². The molecule has 29 heavy (non-hydrogen) atoms. The smallest absolute Gasteiger partial charge is 0.336 e. The summed E-state index contributed by atoms with van der Waals surface area (Å²) in [6.07, 6.45) is 0.916. The molecule has 0 spiro atoms. The van der Waals surface area contributed by atoms with Crippen LogP contribution in [-0.4, -0.2) is 38.5 Å². The lowest BCUT2D eigenvalue weighted by Gasteiger charge is -2.10. The van der Waals surface area contributed by atoms with E-state index < -0.39 is 5.97 Å². The SMILES string of the molecule is CCc1ccc(-c2[nH]nc3nc(-c4cccc(OC)c4O)cc(C(=O)O)c23)cc1. The number of aromatic hydroxyl groups is 1. The van der Waals surface area contributed by atoms with Gasteiger partial charge < -0.3 is 14.9 Å². The predicted octanol–water partition coefficient (Wildman–Crippen LogP) is 4.27. The number of carboxylic acids is 1. The number of carbonyl (C=O) groups is 1. The Kier molecular flexibility index (Phi) is 4.64. The van der Waals surface area contributed by atoms with Crippen molar-refractivity contribution in [3.05, 3.63) is 59.7 Å². The van der Waals surface area contributed by atoms with Gasteiger partial charge in [0.15, 0.2) is 17.1 Å². The Balaban J connectivity index is 1.93. The first kappa shape index (κ1) is 18.5. The van der Waals surface area contributed by atoms with Crippen LogP contribution in [0.4, 0.5) is 0 Å². The third-order valence-corrected chi connectivity index (χ3v) is 4.90. The fourth-order valence-corrected chi connectivity index (χ4v) is 3.34. The fraction of sp³-hybridized carbons (Fsp3) is 0.136. The van der Waals surface area contributed by atoms with E-state index in [-0.39, 0.29) is 22.7 Å². The summed E-state index contributed by atoms with van der Waals surface area (Å²) in [6, 6.07) is 14.3. The number of fused-ring (bicyclic) bond motifs is 1. The van der Waals surface area contributed by atoms with E-state index in [0.29, 0.717) is 22.3 Å². The van der Waals surface area contributed by atoms with Gasteiger partial charge in [0.25, 0.3) is 0 Å². The molecule has 2 aromatic carbocycles. The maximum Gasteiger partial charge on any atom is 0.336 e. The number of aromatic amines is 1. The molecule has 146 valence electrons. The van der Waals surface area contributed by atoms with Gasteiger partial charge in [-0.15, -0.1) is 0 Å². The Labute approximate surface area is 166 Å². The van der Waals surface area contributed by atoms with Crippen LogP contribution in [0.5, 0.6) is 11.5 Å². The molecule has 0 saturated heterocycles. The quantitative estimate of drug-likeness (QED) is 0.470. The van der Waals surface area contributed by atoms with Crippen LogP contribution in [0.2, 0.25) is 0 Å². The van der Waals surface area contributed by atoms with E-state index in [9.17, 15) is 15.0 Å². The van der Waals surface area contributed by atoms with Crippen molar-refractivity contribution in [3.8, 4) is 34.0 Å². The number of hydrogen-bond donors (Lipinski definition) is 3. The molecule has 0 amide bonds. The van der Waals surface area contributed by atoms with Gasteiger partial charge in [0, 0.05) is 11.1 Å². The topological polar surface area (TPSA) is 108 Å². The van der Waals surface area contributed by atoms with Crippen molar-refractivity contribution < 1.29 is 19.7 Å². The van der Waals surface area contributed by atoms with Crippen LogP contribution in [0.25, 0.3) is 33.5 Å². The molecule has 0 unspecified atom stereocenters. The summed E-state index contributed by atoms with van der Waals surface area (Å²) >= 11 is 0. The third-order valence-electron chi connectivity index (χ3n) is 4.90. The summed E-state index contributed by atoms with van der Waals surface area (Å²) in [5, 5.41) is 27.8. The number of H-pyrrole nitrogens is 1. The number of phenols is 1. The molecule has 4 rings (SSSR count). The van der Waals surface area contributed by atoms with Gasteiger partial charge in [-0.3, -0.25) is 5.10 Å². The molecular weight excluding hydrogens is 370 g/mol. The Bertz CT molecular complexity index is 1210. The van der Waals surface area contributed by atoms with Crippen molar-refractivity contribution >= 4 is 17.0 Å². The normalized spacial score (nSPS) is 11.0. The monoisotopic (exact) mass is 389 g/mol. The highest BCUT2D eigenvalue weighted by molar-refractivity contribution is 6.08. The Morgan fingerprint density at radius 3 is 2.59 bits per heavy atom. The first-order chi connectivity index (χ1) is 14.0. The number of aromatic carboxylic acids is 1. The number of benzene rings is 2. The molecule has 2 heterocycles. The number of hydrogen-bond acceptors (Lipinski definition) is 5. The zero-order valence-corrected chi connectivity index (χ0v) is 15.9. The van der Waals surface area contributed by atoms with Crippen molar-refractivity contribution in [1.29, 1.82) is 0 Å². The number of ether oxygens (including phenoxy) is 1. The van der Waals surface area contributed by atoms with Crippen LogP contribution in [-0.2, 0) is 6.42 Å².